The Balaban J connectivity index is 0.000000144. The summed E-state index contributed by atoms with van der Waals surface area (Å²) in [4.78, 5) is 43.6. The smallest absolute Gasteiger partial charge is 0.183 e. The van der Waals surface area contributed by atoms with Gasteiger partial charge in [-0.05, 0) is 139 Å². The van der Waals surface area contributed by atoms with E-state index in [4.69, 9.17) is 46.2 Å². The first-order valence-corrected chi connectivity index (χ1v) is 27.7. The molecule has 2 atom stereocenters. The normalized spacial score (nSPS) is 20.5. The number of pyridine rings is 2. The van der Waals surface area contributed by atoms with Crippen molar-refractivity contribution in [1.82, 2.24) is 39.7 Å². The lowest BCUT2D eigenvalue weighted by Crippen LogP contribution is -2.44. The third-order valence-corrected chi connectivity index (χ3v) is 18.1. The van der Waals surface area contributed by atoms with Crippen molar-refractivity contribution in [3.8, 4) is 5.75 Å². The topological polar surface area (TPSA) is 182 Å². The number of methoxy groups -OCH3 is 1. The Morgan fingerprint density at radius 1 is 0.597 bits per heavy atom. The van der Waals surface area contributed by atoms with Gasteiger partial charge in [-0.1, -0.05) is 60.7 Å². The van der Waals surface area contributed by atoms with E-state index in [1.807, 2.05) is 53.7 Å². The summed E-state index contributed by atoms with van der Waals surface area (Å²) in [5, 5.41) is 5.15. The third-order valence-electron chi connectivity index (χ3n) is 18.1. The van der Waals surface area contributed by atoms with Crippen LogP contribution in [-0.2, 0) is 38.8 Å². The number of fused-ring (bicyclic) bond motifs is 6. The van der Waals surface area contributed by atoms with E-state index in [9.17, 15) is 0 Å². The van der Waals surface area contributed by atoms with Gasteiger partial charge < -0.3 is 35.8 Å². The lowest BCUT2D eigenvalue weighted by Gasteiger charge is -2.42. The highest BCUT2D eigenvalue weighted by Crippen LogP contribution is 2.52. The number of aromatic nitrogens is 8. The fourth-order valence-electron chi connectivity index (χ4n) is 13.8. The van der Waals surface area contributed by atoms with E-state index in [-0.39, 0.29) is 22.9 Å². The predicted molar refractivity (Wildman–Crippen MR) is 301 cm³/mol. The number of nitrogens with two attached hydrogens (primary N) is 2. The lowest BCUT2D eigenvalue weighted by molar-refractivity contribution is 0.187. The molecule has 390 valence electrons. The van der Waals surface area contributed by atoms with Crippen molar-refractivity contribution in [2.75, 3.05) is 66.0 Å². The quantitative estimate of drug-likeness (QED) is 0.162. The van der Waals surface area contributed by atoms with E-state index < -0.39 is 0 Å². The van der Waals surface area contributed by atoms with E-state index >= 15 is 0 Å². The number of rotatable bonds is 6. The molecule has 8 aromatic rings. The molecule has 3 aromatic carbocycles. The van der Waals surface area contributed by atoms with Crippen LogP contribution in [0.15, 0.2) is 127 Å². The maximum absolute atomic E-state index is 6.86. The third kappa shape index (κ3) is 8.34. The first kappa shape index (κ1) is 47.6. The molecular weight excluding hydrogens is 959 g/mol. The summed E-state index contributed by atoms with van der Waals surface area (Å²) in [5.74, 6) is 4.48. The number of hydrogen-bond acceptors (Lipinski definition) is 15. The van der Waals surface area contributed by atoms with Crippen LogP contribution in [-0.4, -0.2) is 91.9 Å². The molecule has 16 heteroatoms. The van der Waals surface area contributed by atoms with Crippen LogP contribution in [0.5, 0.6) is 5.75 Å². The van der Waals surface area contributed by atoms with Crippen LogP contribution >= 0.6 is 0 Å². The van der Waals surface area contributed by atoms with Crippen LogP contribution in [0, 0.1) is 10.8 Å². The zero-order chi connectivity index (χ0) is 51.7. The zero-order valence-corrected chi connectivity index (χ0v) is 43.8. The molecule has 2 aliphatic carbocycles. The van der Waals surface area contributed by atoms with Crippen LogP contribution in [0.1, 0.15) is 101 Å². The van der Waals surface area contributed by atoms with Crippen LogP contribution in [0.3, 0.4) is 0 Å². The standard InChI is InChI=1S/C34H36N8O.C27H29N7/c1-43-25-12-10-23(11-13-25)22-42-32-30(33(39-42)41-17-5-8-27-28(41)9-4-16-36-27)37-21-29(38-32)40-18-14-34(15-19-40)20-24-6-2-3-7-26(24)31(34)35;28-25-19-6-2-1-5-18(19)15-27(25)9-13-33(14-10-27)23-17-30-24-21(32-23)16-31-26(24)34-12-4-7-20-22(34)8-3-11-29-20/h2-4,6-7,9-13,16,21,31H,5,8,14-15,17-20,22,35H2,1H3;1-3,5-6,8,11,17,25H,4,7,9-10,12-16,28H2/t31-;25-/m11/s1. The summed E-state index contributed by atoms with van der Waals surface area (Å²) >= 11 is 0. The van der Waals surface area contributed by atoms with E-state index in [0.29, 0.717) is 13.1 Å². The van der Waals surface area contributed by atoms with Crippen molar-refractivity contribution in [2.24, 2.45) is 27.3 Å². The molecule has 2 saturated heterocycles. The Morgan fingerprint density at radius 2 is 1.17 bits per heavy atom. The number of aliphatic imine (C=N–C) groups is 1. The van der Waals surface area contributed by atoms with Crippen molar-refractivity contribution in [1.29, 1.82) is 0 Å². The summed E-state index contributed by atoms with van der Waals surface area (Å²) in [6.07, 6.45) is 18.1. The molecule has 0 saturated carbocycles. The molecule has 2 spiro atoms. The predicted octanol–water partition coefficient (Wildman–Crippen LogP) is 8.63. The summed E-state index contributed by atoms with van der Waals surface area (Å²) in [5.41, 5.74) is 28.6. The van der Waals surface area contributed by atoms with Gasteiger partial charge in [0.05, 0.1) is 61.0 Å². The fraction of sp³-hybridized carbons (Fsp3) is 0.377. The largest absolute Gasteiger partial charge is 0.497 e. The molecular formula is C61H65N15O. The van der Waals surface area contributed by atoms with Gasteiger partial charge in [-0.2, -0.15) is 5.10 Å². The highest BCUT2D eigenvalue weighted by atomic mass is 16.5. The molecule has 0 bridgehead atoms. The van der Waals surface area contributed by atoms with Crippen LogP contribution in [0.25, 0.3) is 11.2 Å². The first-order chi connectivity index (χ1) is 37.8. The van der Waals surface area contributed by atoms with Gasteiger partial charge in [0.25, 0.3) is 0 Å². The Hall–Kier alpha value is -7.82. The highest BCUT2D eigenvalue weighted by molar-refractivity contribution is 6.11. The van der Waals surface area contributed by atoms with Gasteiger partial charge in [0.15, 0.2) is 22.8 Å². The average molecular weight is 1020 g/mol. The number of benzene rings is 3. The molecule has 7 aliphatic rings. The van der Waals surface area contributed by atoms with Crippen molar-refractivity contribution in [2.45, 2.75) is 89.4 Å². The van der Waals surface area contributed by atoms with E-state index in [2.05, 4.69) is 102 Å². The van der Waals surface area contributed by atoms with Crippen molar-refractivity contribution >= 4 is 45.8 Å². The monoisotopic (exact) mass is 1020 g/mol. The number of ether oxygens (including phenoxy) is 1. The van der Waals surface area contributed by atoms with Crippen molar-refractivity contribution in [3.63, 3.8) is 0 Å². The molecule has 0 radical (unpaired) electrons. The Morgan fingerprint density at radius 3 is 1.78 bits per heavy atom. The second kappa shape index (κ2) is 19.3. The van der Waals surface area contributed by atoms with Crippen molar-refractivity contribution < 1.29 is 4.74 Å². The second-order valence-corrected chi connectivity index (χ2v) is 22.2. The van der Waals surface area contributed by atoms with Gasteiger partial charge in [0.2, 0.25) is 0 Å². The Bertz CT molecular complexity index is 3540. The van der Waals surface area contributed by atoms with Gasteiger partial charge in [0.1, 0.15) is 23.1 Å². The molecule has 4 N–H and O–H groups in total. The first-order valence-electron chi connectivity index (χ1n) is 27.7. The lowest BCUT2D eigenvalue weighted by atomic mass is 9.73. The minimum atomic E-state index is 0.0924. The van der Waals surface area contributed by atoms with E-state index in [1.54, 1.807) is 7.11 Å². The SMILES string of the molecule is COc1ccc(Cn2nc(N3CCCc4ncccc43)c3ncc(N4CCC5(CC4)Cc4ccccc4[C@H]5N)nc32)cc1.N[C@@H]1c2ccccc2CC12CCN(c1cnc3c(n1)CN=C3N1CCCc3ncccc31)CC2. The van der Waals surface area contributed by atoms with Gasteiger partial charge in [-0.15, -0.1) is 0 Å². The molecule has 0 unspecified atom stereocenters. The number of amidine groups is 1. The van der Waals surface area contributed by atoms with Crippen molar-refractivity contribution in [3.05, 3.63) is 172 Å². The Labute approximate surface area is 449 Å². The molecule has 5 aliphatic heterocycles. The van der Waals surface area contributed by atoms with E-state index in [0.717, 1.165) is 183 Å². The molecule has 10 heterocycles. The number of nitrogens with zero attached hydrogens (tertiary/aromatic N) is 13. The number of hydrogen-bond donors (Lipinski definition) is 2. The average Bonchev–Trinajstić information content (AvgIpc) is 4.26. The number of anilines is 5. The maximum atomic E-state index is 6.86. The summed E-state index contributed by atoms with van der Waals surface area (Å²) in [6, 6.07) is 34.0. The van der Waals surface area contributed by atoms with E-state index in [1.165, 1.54) is 22.3 Å². The highest BCUT2D eigenvalue weighted by Gasteiger charge is 2.47. The molecule has 5 aromatic heterocycles. The molecule has 77 heavy (non-hydrogen) atoms. The molecule has 2 fully saturated rings. The summed E-state index contributed by atoms with van der Waals surface area (Å²) in [7, 11) is 1.69. The zero-order valence-electron chi connectivity index (χ0n) is 43.8. The number of piperidine rings is 2. The van der Waals surface area contributed by atoms with Crippen LogP contribution < -0.4 is 35.8 Å². The molecule has 15 rings (SSSR count). The maximum Gasteiger partial charge on any atom is 0.183 e. The minimum Gasteiger partial charge on any atom is -0.497 e. The van der Waals surface area contributed by atoms with Gasteiger partial charge in [0, 0.05) is 63.7 Å². The second-order valence-electron chi connectivity index (χ2n) is 22.2. The number of aryl methyl sites for hydroxylation is 2. The summed E-state index contributed by atoms with van der Waals surface area (Å²) < 4.78 is 7.38. The summed E-state index contributed by atoms with van der Waals surface area (Å²) in [6.45, 7) is 6.74. The van der Waals surface area contributed by atoms with Gasteiger partial charge in [-0.3, -0.25) is 15.0 Å². The van der Waals surface area contributed by atoms with Crippen LogP contribution in [0.2, 0.25) is 0 Å². The molecule has 0 amide bonds. The van der Waals surface area contributed by atoms with Crippen LogP contribution in [0.4, 0.5) is 28.8 Å². The Kier molecular flexibility index (Phi) is 12.0. The van der Waals surface area contributed by atoms with Gasteiger partial charge in [-0.25, -0.2) is 24.6 Å². The molecule has 16 nitrogen and oxygen atoms in total. The fourth-order valence-corrected chi connectivity index (χ4v) is 13.8. The van der Waals surface area contributed by atoms with Gasteiger partial charge >= 0.3 is 0 Å². The minimum absolute atomic E-state index is 0.0924.